The van der Waals surface area contributed by atoms with E-state index in [1.807, 2.05) is 0 Å². The Kier molecular flexibility index (Phi) is 1.04. The van der Waals surface area contributed by atoms with Crippen LogP contribution in [0.25, 0.3) is 0 Å². The highest BCUT2D eigenvalue weighted by Gasteiger charge is 2.22. The van der Waals surface area contributed by atoms with Crippen molar-refractivity contribution >= 4 is 12.0 Å². The third-order valence-corrected chi connectivity index (χ3v) is 1.39. The van der Waals surface area contributed by atoms with Gasteiger partial charge in [0.05, 0.1) is 12.5 Å². The van der Waals surface area contributed by atoms with Crippen molar-refractivity contribution in [2.75, 3.05) is 5.32 Å². The summed E-state index contributed by atoms with van der Waals surface area (Å²) in [7, 11) is 0. The molecule has 2 heterocycles. The standard InChI is InChI=1S/C5H8N6/c6-5(7)10-1-3-4(11-5)9-2-8-3/h1-2,11H,6-7H2,(H,8,9). The van der Waals surface area contributed by atoms with E-state index >= 15 is 0 Å². The second kappa shape index (κ2) is 1.80. The molecule has 0 saturated carbocycles. The summed E-state index contributed by atoms with van der Waals surface area (Å²) in [4.78, 5) is 10.6. The summed E-state index contributed by atoms with van der Waals surface area (Å²) in [6.45, 7) is 0. The Morgan fingerprint density at radius 1 is 1.45 bits per heavy atom. The van der Waals surface area contributed by atoms with Crippen LogP contribution in [-0.4, -0.2) is 22.1 Å². The summed E-state index contributed by atoms with van der Waals surface area (Å²) in [6.07, 6.45) is 3.10. The van der Waals surface area contributed by atoms with Crippen molar-refractivity contribution in [3.8, 4) is 0 Å². The number of aliphatic imine (C=N–C) groups is 1. The van der Waals surface area contributed by atoms with Crippen LogP contribution < -0.4 is 16.8 Å². The number of anilines is 1. The molecular weight excluding hydrogens is 144 g/mol. The van der Waals surface area contributed by atoms with Crippen LogP contribution in [0.15, 0.2) is 11.3 Å². The molecule has 1 aromatic rings. The SMILES string of the molecule is NC1(N)N=Cc2[nH]cnc2N1. The van der Waals surface area contributed by atoms with Crippen LogP contribution in [0.2, 0.25) is 0 Å². The second-order valence-electron chi connectivity index (χ2n) is 2.37. The van der Waals surface area contributed by atoms with Crippen molar-refractivity contribution in [1.82, 2.24) is 9.97 Å². The van der Waals surface area contributed by atoms with E-state index in [1.54, 1.807) is 12.5 Å². The molecule has 0 radical (unpaired) electrons. The minimum Gasteiger partial charge on any atom is -0.342 e. The maximum absolute atomic E-state index is 5.47. The first-order valence-corrected chi connectivity index (χ1v) is 3.12. The number of aromatic nitrogens is 2. The summed E-state index contributed by atoms with van der Waals surface area (Å²) >= 11 is 0. The quantitative estimate of drug-likeness (QED) is 0.350. The molecule has 6 nitrogen and oxygen atoms in total. The van der Waals surface area contributed by atoms with Crippen molar-refractivity contribution in [3.63, 3.8) is 0 Å². The number of nitrogens with one attached hydrogen (secondary N) is 2. The van der Waals surface area contributed by atoms with Crippen LogP contribution in [0, 0.1) is 0 Å². The van der Waals surface area contributed by atoms with Gasteiger partial charge >= 0.3 is 0 Å². The molecule has 0 unspecified atom stereocenters. The van der Waals surface area contributed by atoms with Crippen molar-refractivity contribution in [2.45, 2.75) is 5.91 Å². The van der Waals surface area contributed by atoms with Crippen molar-refractivity contribution in [3.05, 3.63) is 12.0 Å². The molecule has 6 N–H and O–H groups in total. The Balaban J connectivity index is 2.44. The van der Waals surface area contributed by atoms with Gasteiger partial charge in [0.2, 0.25) is 5.91 Å². The van der Waals surface area contributed by atoms with Crippen LogP contribution >= 0.6 is 0 Å². The average Bonchev–Trinajstić information content (AvgIpc) is 2.31. The molecule has 0 saturated heterocycles. The molecule has 1 aromatic heterocycles. The van der Waals surface area contributed by atoms with Gasteiger partial charge in [0, 0.05) is 0 Å². The van der Waals surface area contributed by atoms with E-state index in [0.717, 1.165) is 5.69 Å². The Morgan fingerprint density at radius 2 is 2.27 bits per heavy atom. The number of hydrogen-bond donors (Lipinski definition) is 4. The van der Waals surface area contributed by atoms with Gasteiger partial charge in [-0.05, 0) is 0 Å². The Labute approximate surface area is 62.7 Å². The van der Waals surface area contributed by atoms with Gasteiger partial charge in [-0.3, -0.25) is 11.5 Å². The molecule has 0 amide bonds. The number of rotatable bonds is 0. The Morgan fingerprint density at radius 3 is 3.09 bits per heavy atom. The van der Waals surface area contributed by atoms with Gasteiger partial charge < -0.3 is 10.3 Å². The number of nitrogens with zero attached hydrogens (tertiary/aromatic N) is 2. The number of fused-ring (bicyclic) bond motifs is 1. The summed E-state index contributed by atoms with van der Waals surface area (Å²) in [6, 6.07) is 0. The highest BCUT2D eigenvalue weighted by atomic mass is 15.4. The normalized spacial score (nSPS) is 19.1. The molecule has 0 bridgehead atoms. The maximum Gasteiger partial charge on any atom is 0.240 e. The molecule has 0 spiro atoms. The van der Waals surface area contributed by atoms with Gasteiger partial charge in [-0.2, -0.15) is 0 Å². The summed E-state index contributed by atoms with van der Waals surface area (Å²) in [5.41, 5.74) is 11.7. The number of imidazole rings is 1. The van der Waals surface area contributed by atoms with E-state index in [1.165, 1.54) is 0 Å². The lowest BCUT2D eigenvalue weighted by molar-refractivity contribution is 0.532. The molecule has 1 aliphatic heterocycles. The molecule has 2 rings (SSSR count). The number of aromatic amines is 1. The predicted octanol–water partition coefficient (Wildman–Crippen LogP) is -1.22. The maximum atomic E-state index is 5.47. The topological polar surface area (TPSA) is 105 Å². The monoisotopic (exact) mass is 152 g/mol. The Hall–Kier alpha value is -1.40. The molecule has 0 aliphatic carbocycles. The summed E-state index contributed by atoms with van der Waals surface area (Å²) in [5.74, 6) is -0.590. The van der Waals surface area contributed by atoms with Crippen LogP contribution in [0.5, 0.6) is 0 Å². The van der Waals surface area contributed by atoms with Gasteiger partial charge in [-0.1, -0.05) is 0 Å². The molecule has 6 heteroatoms. The van der Waals surface area contributed by atoms with Crippen LogP contribution in [0.4, 0.5) is 5.82 Å². The van der Waals surface area contributed by atoms with Gasteiger partial charge in [-0.15, -0.1) is 0 Å². The van der Waals surface area contributed by atoms with E-state index in [-0.39, 0.29) is 0 Å². The fraction of sp³-hybridized carbons (Fsp3) is 0.200. The summed E-state index contributed by atoms with van der Waals surface area (Å²) < 4.78 is 0. The van der Waals surface area contributed by atoms with Crippen LogP contribution in [0.1, 0.15) is 5.69 Å². The zero-order chi connectivity index (χ0) is 7.90. The van der Waals surface area contributed by atoms with Gasteiger partial charge in [0.25, 0.3) is 0 Å². The third-order valence-electron chi connectivity index (χ3n) is 1.39. The lowest BCUT2D eigenvalue weighted by atomic mass is 10.4. The third kappa shape index (κ3) is 0.975. The number of nitrogens with two attached hydrogens (primary N) is 2. The molecule has 58 valence electrons. The fourth-order valence-electron chi connectivity index (χ4n) is 0.896. The van der Waals surface area contributed by atoms with E-state index in [2.05, 4.69) is 20.3 Å². The van der Waals surface area contributed by atoms with Crippen LogP contribution in [-0.2, 0) is 0 Å². The fourth-order valence-corrected chi connectivity index (χ4v) is 0.896. The second-order valence-corrected chi connectivity index (χ2v) is 2.37. The van der Waals surface area contributed by atoms with E-state index in [0.29, 0.717) is 5.82 Å². The zero-order valence-corrected chi connectivity index (χ0v) is 5.70. The van der Waals surface area contributed by atoms with E-state index in [4.69, 9.17) is 11.5 Å². The molecule has 1 aliphatic rings. The minimum atomic E-state index is -1.22. The Bertz CT molecular complexity index is 298. The molecule has 11 heavy (non-hydrogen) atoms. The van der Waals surface area contributed by atoms with Gasteiger partial charge in [0.15, 0.2) is 5.82 Å². The van der Waals surface area contributed by atoms with Crippen molar-refractivity contribution in [1.29, 1.82) is 0 Å². The lowest BCUT2D eigenvalue weighted by Crippen LogP contribution is -2.56. The van der Waals surface area contributed by atoms with Crippen molar-refractivity contribution in [2.24, 2.45) is 16.5 Å². The number of H-pyrrole nitrogens is 1. The highest BCUT2D eigenvalue weighted by Crippen LogP contribution is 2.14. The largest absolute Gasteiger partial charge is 0.342 e. The molecule has 0 fully saturated rings. The predicted molar refractivity (Wildman–Crippen MR) is 40.9 cm³/mol. The van der Waals surface area contributed by atoms with E-state index < -0.39 is 5.91 Å². The smallest absolute Gasteiger partial charge is 0.240 e. The van der Waals surface area contributed by atoms with Gasteiger partial charge in [0.1, 0.15) is 5.69 Å². The molecular formula is C5H8N6. The molecule has 0 aromatic carbocycles. The lowest BCUT2D eigenvalue weighted by Gasteiger charge is -2.23. The minimum absolute atomic E-state index is 0.630. The van der Waals surface area contributed by atoms with E-state index in [9.17, 15) is 0 Å². The van der Waals surface area contributed by atoms with Crippen molar-refractivity contribution < 1.29 is 0 Å². The first kappa shape index (κ1) is 6.32. The zero-order valence-electron chi connectivity index (χ0n) is 5.70. The first-order chi connectivity index (χ1) is 5.17. The first-order valence-electron chi connectivity index (χ1n) is 3.12. The summed E-state index contributed by atoms with van der Waals surface area (Å²) in [5, 5.41) is 2.73. The van der Waals surface area contributed by atoms with Crippen LogP contribution in [0.3, 0.4) is 0 Å². The average molecular weight is 152 g/mol. The number of hydrogen-bond acceptors (Lipinski definition) is 5. The highest BCUT2D eigenvalue weighted by molar-refractivity contribution is 5.86. The molecule has 0 atom stereocenters. The van der Waals surface area contributed by atoms with Gasteiger partial charge in [-0.25, -0.2) is 9.98 Å².